The summed E-state index contributed by atoms with van der Waals surface area (Å²) in [7, 11) is 2.16. The van der Waals surface area contributed by atoms with E-state index < -0.39 is 0 Å². The molecule has 0 atom stereocenters. The first-order chi connectivity index (χ1) is 13.8. The van der Waals surface area contributed by atoms with Crippen LogP contribution in [0.3, 0.4) is 0 Å². The molecule has 29 heavy (non-hydrogen) atoms. The maximum absolute atomic E-state index is 3.35. The van der Waals surface area contributed by atoms with Crippen molar-refractivity contribution in [1.29, 1.82) is 0 Å². The number of nitrogens with zero attached hydrogens (tertiary/aromatic N) is 1. The van der Waals surface area contributed by atoms with Crippen LogP contribution in [-0.4, -0.2) is 4.57 Å². The van der Waals surface area contributed by atoms with E-state index in [0.29, 0.717) is 0 Å². The van der Waals surface area contributed by atoms with Gasteiger partial charge in [-0.25, -0.2) is 0 Å². The van der Waals surface area contributed by atoms with Crippen LogP contribution in [0, 0.1) is 6.07 Å². The minimum atomic E-state index is 0. The van der Waals surface area contributed by atoms with E-state index >= 15 is 0 Å². The number of aromatic nitrogens is 1. The van der Waals surface area contributed by atoms with E-state index in [1.54, 1.807) is 0 Å². The number of hydrogen-bond acceptors (Lipinski definition) is 0. The zero-order chi connectivity index (χ0) is 18.7. The smallest absolute Gasteiger partial charge is 0.0495 e. The van der Waals surface area contributed by atoms with Crippen molar-refractivity contribution in [2.75, 3.05) is 0 Å². The Bertz CT molecular complexity index is 1520. The number of rotatable bonds is 1. The Hall–Kier alpha value is -2.48. The fourth-order valence-electron chi connectivity index (χ4n) is 4.55. The molecule has 1 aromatic heterocycles. The molecule has 0 saturated carbocycles. The molecule has 6 aromatic rings. The van der Waals surface area contributed by atoms with Crippen LogP contribution in [0.5, 0.6) is 0 Å². The summed E-state index contributed by atoms with van der Waals surface area (Å²) in [4.78, 5) is 0. The summed E-state index contributed by atoms with van der Waals surface area (Å²) in [5.74, 6) is 0. The third-order valence-electron chi connectivity index (χ3n) is 5.91. The van der Waals surface area contributed by atoms with E-state index in [1.165, 1.54) is 49.1 Å². The first-order valence-electron chi connectivity index (χ1n) is 9.61. The molecule has 0 saturated heterocycles. The Balaban J connectivity index is 0.00000181. The quantitative estimate of drug-likeness (QED) is 0.238. The van der Waals surface area contributed by atoms with Gasteiger partial charge in [0.1, 0.15) is 0 Å². The molecule has 6 rings (SSSR count). The van der Waals surface area contributed by atoms with E-state index in [9.17, 15) is 0 Å². The molecule has 0 aliphatic carbocycles. The van der Waals surface area contributed by atoms with Gasteiger partial charge in [-0.05, 0) is 34.5 Å². The van der Waals surface area contributed by atoms with Crippen molar-refractivity contribution in [2.24, 2.45) is 7.05 Å². The standard InChI is InChI=1S/C27H18N.Y/c1-28-25-15-14-20(22-12-6-9-18-7-2-4-10-21(18)22)17-24(25)27-23-11-5-3-8-19(23)13-16-26(27)28;/h2-8,10-17H,1H3;/q-1;. The third-order valence-corrected chi connectivity index (χ3v) is 5.91. The second-order valence-electron chi connectivity index (χ2n) is 7.41. The molecule has 5 aromatic carbocycles. The van der Waals surface area contributed by atoms with Crippen LogP contribution in [0.2, 0.25) is 0 Å². The molecule has 0 amide bonds. The molecule has 1 heterocycles. The number of aryl methyl sites for hydroxylation is 1. The van der Waals surface area contributed by atoms with E-state index in [1.807, 2.05) is 6.07 Å². The van der Waals surface area contributed by atoms with Crippen molar-refractivity contribution >= 4 is 43.4 Å². The molecule has 0 spiro atoms. The van der Waals surface area contributed by atoms with Crippen molar-refractivity contribution in [1.82, 2.24) is 4.57 Å². The Labute approximate surface area is 194 Å². The Morgan fingerprint density at radius 2 is 1.45 bits per heavy atom. The Morgan fingerprint density at radius 1 is 0.690 bits per heavy atom. The van der Waals surface area contributed by atoms with Gasteiger partial charge in [-0.15, -0.1) is 41.1 Å². The Kier molecular flexibility index (Phi) is 4.54. The monoisotopic (exact) mass is 445 g/mol. The first-order valence-corrected chi connectivity index (χ1v) is 9.61. The van der Waals surface area contributed by atoms with Gasteiger partial charge in [-0.3, -0.25) is 0 Å². The molecular weight excluding hydrogens is 427 g/mol. The summed E-state index contributed by atoms with van der Waals surface area (Å²) in [6.07, 6.45) is 0. The van der Waals surface area contributed by atoms with Crippen molar-refractivity contribution in [2.45, 2.75) is 0 Å². The van der Waals surface area contributed by atoms with Gasteiger partial charge in [0.15, 0.2) is 0 Å². The van der Waals surface area contributed by atoms with Gasteiger partial charge in [0.05, 0.1) is 0 Å². The molecule has 0 aliphatic rings. The molecule has 2 heteroatoms. The molecule has 1 nitrogen and oxygen atoms in total. The van der Waals surface area contributed by atoms with Gasteiger partial charge < -0.3 is 4.57 Å². The van der Waals surface area contributed by atoms with E-state index in [-0.39, 0.29) is 32.7 Å². The predicted octanol–water partition coefficient (Wildman–Crippen LogP) is 7.10. The predicted molar refractivity (Wildman–Crippen MR) is 120 cm³/mol. The first kappa shape index (κ1) is 18.5. The summed E-state index contributed by atoms with van der Waals surface area (Å²) in [5, 5.41) is 7.65. The molecule has 0 unspecified atom stereocenters. The average Bonchev–Trinajstić information content (AvgIpc) is 3.05. The van der Waals surface area contributed by atoms with Gasteiger partial charge in [-0.2, -0.15) is 0 Å². The van der Waals surface area contributed by atoms with Crippen LogP contribution in [0.1, 0.15) is 0 Å². The summed E-state index contributed by atoms with van der Waals surface area (Å²) in [6.45, 7) is 0. The van der Waals surface area contributed by atoms with Gasteiger partial charge in [0.25, 0.3) is 0 Å². The number of benzene rings is 5. The minimum Gasteiger partial charge on any atom is -0.344 e. The van der Waals surface area contributed by atoms with Gasteiger partial charge in [-0.1, -0.05) is 54.1 Å². The van der Waals surface area contributed by atoms with Gasteiger partial charge in [0, 0.05) is 61.6 Å². The molecule has 0 N–H and O–H groups in total. The summed E-state index contributed by atoms with van der Waals surface area (Å²) in [6, 6.07) is 36.0. The second-order valence-corrected chi connectivity index (χ2v) is 7.41. The molecule has 1 radical (unpaired) electrons. The van der Waals surface area contributed by atoms with Crippen molar-refractivity contribution < 1.29 is 32.7 Å². The SMILES string of the molecule is Cn1c2ccc(-c3cc[c-]c4ccccc34)cc2c2c3ccccc3ccc21.[Y]. The normalized spacial score (nSPS) is 11.3. The minimum absolute atomic E-state index is 0. The van der Waals surface area contributed by atoms with Crippen molar-refractivity contribution in [3.8, 4) is 11.1 Å². The zero-order valence-corrected chi connectivity index (χ0v) is 19.0. The van der Waals surface area contributed by atoms with Crippen LogP contribution >= 0.6 is 0 Å². The average molecular weight is 445 g/mol. The maximum atomic E-state index is 3.35. The van der Waals surface area contributed by atoms with Gasteiger partial charge >= 0.3 is 0 Å². The van der Waals surface area contributed by atoms with Crippen LogP contribution in [0.15, 0.2) is 91.0 Å². The second kappa shape index (κ2) is 7.09. The molecule has 0 bridgehead atoms. The molecule has 0 fully saturated rings. The van der Waals surface area contributed by atoms with Gasteiger partial charge in [0.2, 0.25) is 0 Å². The summed E-state index contributed by atoms with van der Waals surface area (Å²) in [5.41, 5.74) is 5.05. The van der Waals surface area contributed by atoms with E-state index in [4.69, 9.17) is 0 Å². The third kappa shape index (κ3) is 2.76. The number of fused-ring (bicyclic) bond motifs is 6. The summed E-state index contributed by atoms with van der Waals surface area (Å²) < 4.78 is 2.30. The van der Waals surface area contributed by atoms with Crippen LogP contribution < -0.4 is 0 Å². The van der Waals surface area contributed by atoms with Crippen LogP contribution in [0.25, 0.3) is 54.5 Å². The summed E-state index contributed by atoms with van der Waals surface area (Å²) >= 11 is 0. The van der Waals surface area contributed by atoms with Crippen molar-refractivity contribution in [3.05, 3.63) is 97.1 Å². The number of hydrogen-bond donors (Lipinski definition) is 0. The topological polar surface area (TPSA) is 4.93 Å². The molecule has 0 aliphatic heterocycles. The zero-order valence-electron chi connectivity index (χ0n) is 16.2. The molecule has 135 valence electrons. The fourth-order valence-corrected chi connectivity index (χ4v) is 4.55. The molecular formula is C27H18NY-. The maximum Gasteiger partial charge on any atom is 0.0495 e. The van der Waals surface area contributed by atoms with Crippen molar-refractivity contribution in [3.63, 3.8) is 0 Å². The van der Waals surface area contributed by atoms with Crippen LogP contribution in [-0.2, 0) is 39.8 Å². The van der Waals surface area contributed by atoms with Crippen LogP contribution in [0.4, 0.5) is 0 Å². The largest absolute Gasteiger partial charge is 0.344 e. The van der Waals surface area contributed by atoms with E-state index in [0.717, 1.165) is 5.39 Å². The van der Waals surface area contributed by atoms with E-state index in [2.05, 4.69) is 103 Å². The Morgan fingerprint density at radius 3 is 2.34 bits per heavy atom. The fraction of sp³-hybridized carbons (Fsp3) is 0.0370.